The van der Waals surface area contributed by atoms with Gasteiger partial charge in [-0.2, -0.15) is 13.2 Å². The van der Waals surface area contributed by atoms with Gasteiger partial charge in [-0.3, -0.25) is 4.98 Å². The Kier molecular flexibility index (Phi) is 9.30. The van der Waals surface area contributed by atoms with E-state index >= 15 is 0 Å². The van der Waals surface area contributed by atoms with E-state index in [9.17, 15) is 13.2 Å². The largest absolute Gasteiger partial charge is 0.433 e. The number of nitrogens with zero attached hydrogens (tertiary/aromatic N) is 1. The lowest BCUT2D eigenvalue weighted by Crippen LogP contribution is -2.25. The van der Waals surface area contributed by atoms with Gasteiger partial charge >= 0.3 is 6.18 Å². The van der Waals surface area contributed by atoms with Crippen molar-refractivity contribution in [3.63, 3.8) is 0 Å². The van der Waals surface area contributed by atoms with E-state index in [1.54, 1.807) is 0 Å². The molecular formula is C27H38F3N. The Bertz CT molecular complexity index is 697. The van der Waals surface area contributed by atoms with Gasteiger partial charge in [-0.1, -0.05) is 70.1 Å². The first-order valence-corrected chi connectivity index (χ1v) is 12.5. The number of unbranched alkanes of at least 4 members (excludes halogenated alkanes) is 4. The molecule has 31 heavy (non-hydrogen) atoms. The van der Waals surface area contributed by atoms with Crippen LogP contribution in [-0.2, 0) is 6.18 Å². The fourth-order valence-electron chi connectivity index (χ4n) is 5.54. The summed E-state index contributed by atoms with van der Waals surface area (Å²) >= 11 is 0. The SMILES string of the molecule is CCCCCCCC1CCC(C2CCC(C#Cc3ccc(C(F)(F)F)nc3)CC2)CC1. The van der Waals surface area contributed by atoms with Crippen LogP contribution >= 0.6 is 0 Å². The maximum absolute atomic E-state index is 12.6. The highest BCUT2D eigenvalue weighted by atomic mass is 19.4. The lowest BCUT2D eigenvalue weighted by Gasteiger charge is -2.37. The quantitative estimate of drug-likeness (QED) is 0.311. The molecule has 0 saturated heterocycles. The molecule has 0 aromatic carbocycles. The van der Waals surface area contributed by atoms with E-state index in [2.05, 4.69) is 23.7 Å². The van der Waals surface area contributed by atoms with Crippen molar-refractivity contribution in [1.82, 2.24) is 4.98 Å². The molecule has 1 aromatic heterocycles. The van der Waals surface area contributed by atoms with Gasteiger partial charge in [0.05, 0.1) is 0 Å². The van der Waals surface area contributed by atoms with E-state index in [0.717, 1.165) is 36.7 Å². The fraction of sp³-hybridized carbons (Fsp3) is 0.741. The van der Waals surface area contributed by atoms with Crippen LogP contribution in [0.1, 0.15) is 108 Å². The molecule has 0 radical (unpaired) electrons. The summed E-state index contributed by atoms with van der Waals surface area (Å²) in [6, 6.07) is 2.44. The van der Waals surface area contributed by atoms with Gasteiger partial charge in [-0.15, -0.1) is 0 Å². The summed E-state index contributed by atoms with van der Waals surface area (Å²) in [6.45, 7) is 2.28. The average Bonchev–Trinajstić information content (AvgIpc) is 2.78. The van der Waals surface area contributed by atoms with Crippen LogP contribution in [0.15, 0.2) is 18.3 Å². The molecule has 1 nitrogen and oxygen atoms in total. The lowest BCUT2D eigenvalue weighted by atomic mass is 9.69. The predicted octanol–water partition coefficient (Wildman–Crippen LogP) is 8.43. The van der Waals surface area contributed by atoms with Crippen LogP contribution in [-0.4, -0.2) is 4.98 Å². The molecule has 2 saturated carbocycles. The van der Waals surface area contributed by atoms with Crippen LogP contribution in [0.2, 0.25) is 0 Å². The molecule has 2 fully saturated rings. The average molecular weight is 434 g/mol. The Morgan fingerprint density at radius 1 is 0.871 bits per heavy atom. The van der Waals surface area contributed by atoms with Crippen LogP contribution in [0.3, 0.4) is 0 Å². The summed E-state index contributed by atoms with van der Waals surface area (Å²) in [5.74, 6) is 9.45. The van der Waals surface area contributed by atoms with Gasteiger partial charge in [0.25, 0.3) is 0 Å². The Hall–Kier alpha value is -1.50. The standard InChI is InChI=1S/C27H38F3N/c1-2-3-4-5-6-7-21-10-15-24(16-11-21)25-17-12-22(13-18-25)8-9-23-14-19-26(31-20-23)27(28,29)30/h14,19-22,24-25H,2-7,10-13,15-18H2,1H3. The van der Waals surface area contributed by atoms with Crippen LogP contribution in [0.25, 0.3) is 0 Å². The third-order valence-corrected chi connectivity index (χ3v) is 7.52. The van der Waals surface area contributed by atoms with Crippen molar-refractivity contribution in [3.8, 4) is 11.8 Å². The Labute approximate surface area is 186 Å². The number of rotatable bonds is 7. The fourth-order valence-corrected chi connectivity index (χ4v) is 5.54. The summed E-state index contributed by atoms with van der Waals surface area (Å²) in [7, 11) is 0. The van der Waals surface area contributed by atoms with E-state index in [-0.39, 0.29) is 0 Å². The molecule has 172 valence electrons. The second-order valence-electron chi connectivity index (χ2n) is 9.79. The molecule has 2 aliphatic rings. The van der Waals surface area contributed by atoms with E-state index in [1.165, 1.54) is 89.3 Å². The molecule has 0 unspecified atom stereocenters. The maximum Gasteiger partial charge on any atom is 0.433 e. The van der Waals surface area contributed by atoms with E-state index in [0.29, 0.717) is 11.5 Å². The first kappa shape index (κ1) is 24.1. The highest BCUT2D eigenvalue weighted by Gasteiger charge is 2.32. The number of halogens is 3. The minimum Gasteiger partial charge on any atom is -0.250 e. The number of hydrogen-bond donors (Lipinski definition) is 0. The van der Waals surface area contributed by atoms with Gasteiger partial charge < -0.3 is 0 Å². The molecule has 1 aromatic rings. The third-order valence-electron chi connectivity index (χ3n) is 7.52. The lowest BCUT2D eigenvalue weighted by molar-refractivity contribution is -0.141. The van der Waals surface area contributed by atoms with Gasteiger partial charge in [0.15, 0.2) is 0 Å². The minimum atomic E-state index is -4.39. The van der Waals surface area contributed by atoms with Gasteiger partial charge in [-0.05, 0) is 68.4 Å². The smallest absolute Gasteiger partial charge is 0.250 e. The van der Waals surface area contributed by atoms with Crippen LogP contribution in [0, 0.1) is 35.5 Å². The Morgan fingerprint density at radius 3 is 2.10 bits per heavy atom. The molecule has 0 spiro atoms. The summed E-state index contributed by atoms with van der Waals surface area (Å²) in [6.07, 6.45) is 15.7. The second-order valence-corrected chi connectivity index (χ2v) is 9.79. The zero-order valence-electron chi connectivity index (χ0n) is 19.0. The zero-order chi connectivity index (χ0) is 22.1. The van der Waals surface area contributed by atoms with Crippen molar-refractivity contribution in [2.75, 3.05) is 0 Å². The summed E-state index contributed by atoms with van der Waals surface area (Å²) in [5.41, 5.74) is -0.284. The monoisotopic (exact) mass is 433 g/mol. The van der Waals surface area contributed by atoms with Crippen molar-refractivity contribution in [2.45, 2.75) is 103 Å². The van der Waals surface area contributed by atoms with Crippen LogP contribution in [0.5, 0.6) is 0 Å². The van der Waals surface area contributed by atoms with Gasteiger partial charge in [0.2, 0.25) is 0 Å². The van der Waals surface area contributed by atoms with E-state index < -0.39 is 11.9 Å². The molecule has 2 aliphatic carbocycles. The summed E-state index contributed by atoms with van der Waals surface area (Å²) < 4.78 is 37.8. The van der Waals surface area contributed by atoms with Crippen molar-refractivity contribution < 1.29 is 13.2 Å². The molecule has 4 heteroatoms. The van der Waals surface area contributed by atoms with Crippen LogP contribution in [0.4, 0.5) is 13.2 Å². The van der Waals surface area contributed by atoms with Gasteiger partial charge in [0, 0.05) is 17.7 Å². The maximum atomic E-state index is 12.6. The molecule has 0 bridgehead atoms. The Balaban J connectivity index is 1.36. The third kappa shape index (κ3) is 7.85. The minimum absolute atomic E-state index is 0.373. The predicted molar refractivity (Wildman–Crippen MR) is 120 cm³/mol. The molecule has 1 heterocycles. The van der Waals surface area contributed by atoms with Crippen molar-refractivity contribution in [1.29, 1.82) is 0 Å². The van der Waals surface area contributed by atoms with Crippen molar-refractivity contribution in [3.05, 3.63) is 29.6 Å². The van der Waals surface area contributed by atoms with E-state index in [1.807, 2.05) is 0 Å². The normalized spacial score (nSPS) is 26.8. The zero-order valence-corrected chi connectivity index (χ0v) is 19.0. The van der Waals surface area contributed by atoms with Crippen molar-refractivity contribution >= 4 is 0 Å². The molecule has 0 amide bonds. The molecular weight excluding hydrogens is 395 g/mol. The molecule has 3 rings (SSSR count). The highest BCUT2D eigenvalue weighted by Crippen LogP contribution is 2.42. The molecule has 0 aliphatic heterocycles. The Morgan fingerprint density at radius 2 is 1.52 bits per heavy atom. The first-order chi connectivity index (χ1) is 15.0. The first-order valence-electron chi connectivity index (χ1n) is 12.5. The second kappa shape index (κ2) is 11.9. The molecule has 0 N–H and O–H groups in total. The number of pyridine rings is 1. The van der Waals surface area contributed by atoms with Crippen molar-refractivity contribution in [2.24, 2.45) is 23.7 Å². The van der Waals surface area contributed by atoms with Gasteiger partial charge in [-0.25, -0.2) is 0 Å². The number of alkyl halides is 3. The summed E-state index contributed by atoms with van der Waals surface area (Å²) in [4.78, 5) is 3.50. The van der Waals surface area contributed by atoms with Crippen LogP contribution < -0.4 is 0 Å². The topological polar surface area (TPSA) is 12.9 Å². The highest BCUT2D eigenvalue weighted by molar-refractivity contribution is 5.33. The number of hydrogen-bond acceptors (Lipinski definition) is 1. The molecule has 0 atom stereocenters. The summed E-state index contributed by atoms with van der Waals surface area (Å²) in [5, 5.41) is 0. The number of aromatic nitrogens is 1. The van der Waals surface area contributed by atoms with Gasteiger partial charge in [0.1, 0.15) is 5.69 Å². The van der Waals surface area contributed by atoms with E-state index in [4.69, 9.17) is 0 Å².